The highest BCUT2D eigenvalue weighted by Crippen LogP contribution is 2.30. The zero-order valence-electron chi connectivity index (χ0n) is 18.0. The third kappa shape index (κ3) is 5.55. The van der Waals surface area contributed by atoms with Crippen molar-refractivity contribution in [1.29, 1.82) is 0 Å². The molecule has 0 saturated carbocycles. The molecule has 0 radical (unpaired) electrons. The molecular formula is C27H29NO2S. The molecule has 0 unspecified atom stereocenters. The molecule has 4 rings (SSSR count). The van der Waals surface area contributed by atoms with Gasteiger partial charge < -0.3 is 0 Å². The molecule has 2 aromatic carbocycles. The van der Waals surface area contributed by atoms with Crippen LogP contribution in [0.3, 0.4) is 0 Å². The fraction of sp³-hybridized carbons (Fsp3) is 0.333. The molecular weight excluding hydrogens is 402 g/mol. The summed E-state index contributed by atoms with van der Waals surface area (Å²) in [6.45, 7) is 1.95. The monoisotopic (exact) mass is 431 g/mol. The third-order valence-corrected chi connectivity index (χ3v) is 7.52. The van der Waals surface area contributed by atoms with Crippen LogP contribution in [-0.2, 0) is 10.0 Å². The lowest BCUT2D eigenvalue weighted by Gasteiger charge is -2.24. The van der Waals surface area contributed by atoms with E-state index in [-0.39, 0.29) is 12.0 Å². The number of aryl methyl sites for hydroxylation is 1. The molecule has 0 spiro atoms. The Morgan fingerprint density at radius 1 is 0.935 bits per heavy atom. The smallest absolute Gasteiger partial charge is 0.207 e. The number of hydrogen-bond donors (Lipinski definition) is 1. The van der Waals surface area contributed by atoms with Gasteiger partial charge in [0.15, 0.2) is 0 Å². The number of benzene rings is 2. The second kappa shape index (κ2) is 9.68. The molecule has 31 heavy (non-hydrogen) atoms. The topological polar surface area (TPSA) is 46.2 Å². The van der Waals surface area contributed by atoms with Gasteiger partial charge >= 0.3 is 0 Å². The number of allylic oxidation sites excluding steroid dienone is 3. The molecule has 1 N–H and O–H groups in total. The van der Waals surface area contributed by atoms with E-state index in [1.54, 1.807) is 12.1 Å². The van der Waals surface area contributed by atoms with Gasteiger partial charge in [-0.3, -0.25) is 0 Å². The summed E-state index contributed by atoms with van der Waals surface area (Å²) in [6, 6.07) is 15.1. The van der Waals surface area contributed by atoms with Crippen LogP contribution in [0.1, 0.15) is 61.1 Å². The van der Waals surface area contributed by atoms with E-state index in [4.69, 9.17) is 0 Å². The van der Waals surface area contributed by atoms with Crippen LogP contribution in [0.2, 0.25) is 0 Å². The zero-order chi connectivity index (χ0) is 21.7. The number of sulfonamides is 1. The van der Waals surface area contributed by atoms with Gasteiger partial charge in [-0.05, 0) is 74.8 Å². The maximum atomic E-state index is 12.7. The molecule has 2 aliphatic carbocycles. The molecule has 0 aliphatic heterocycles. The fourth-order valence-electron chi connectivity index (χ4n) is 4.20. The first-order chi connectivity index (χ1) is 15.0. The van der Waals surface area contributed by atoms with E-state index in [0.717, 1.165) is 36.8 Å². The lowest BCUT2D eigenvalue weighted by atomic mass is 9.85. The van der Waals surface area contributed by atoms with Crippen LogP contribution in [0.5, 0.6) is 0 Å². The molecule has 0 fully saturated rings. The van der Waals surface area contributed by atoms with E-state index in [2.05, 4.69) is 46.9 Å². The first-order valence-electron chi connectivity index (χ1n) is 11.1. The first-order valence-corrected chi connectivity index (χ1v) is 12.6. The summed E-state index contributed by atoms with van der Waals surface area (Å²) in [6.07, 6.45) is 12.8. The Hall–Kier alpha value is -2.61. The molecule has 0 amide bonds. The first kappa shape index (κ1) is 21.6. The van der Waals surface area contributed by atoms with Crippen molar-refractivity contribution in [3.8, 4) is 11.8 Å². The highest BCUT2D eigenvalue weighted by molar-refractivity contribution is 7.89. The lowest BCUT2D eigenvalue weighted by molar-refractivity contribution is 0.533. The van der Waals surface area contributed by atoms with Gasteiger partial charge in [0.25, 0.3) is 0 Å². The molecule has 2 aromatic rings. The van der Waals surface area contributed by atoms with Gasteiger partial charge in [-0.15, -0.1) is 0 Å². The van der Waals surface area contributed by atoms with E-state index >= 15 is 0 Å². The average molecular weight is 432 g/mol. The minimum atomic E-state index is -3.52. The van der Waals surface area contributed by atoms with Crippen molar-refractivity contribution in [2.75, 3.05) is 0 Å². The average Bonchev–Trinajstić information content (AvgIpc) is 2.79. The van der Waals surface area contributed by atoms with Crippen molar-refractivity contribution in [2.24, 2.45) is 0 Å². The van der Waals surface area contributed by atoms with Crippen LogP contribution in [0.15, 0.2) is 77.2 Å². The Bertz CT molecular complexity index is 1150. The standard InChI is InChI=1S/C27H29NO2S/c1-21-11-19-26(20-12-21)31(29,30)28-25-17-15-24(16-18-25)27-10-6-5-9-23(27)14-13-22-7-3-2-4-8-22/h5-7,9-12,15,17,19-20,24-25,28H,2-4,8,16,18H2,1H3/t24-,25-/m0/s1. The maximum Gasteiger partial charge on any atom is 0.241 e. The Kier molecular flexibility index (Phi) is 6.75. The summed E-state index contributed by atoms with van der Waals surface area (Å²) >= 11 is 0. The summed E-state index contributed by atoms with van der Waals surface area (Å²) in [5.74, 6) is 7.02. The second-order valence-electron chi connectivity index (χ2n) is 8.42. The van der Waals surface area contributed by atoms with Gasteiger partial charge in [0.2, 0.25) is 10.0 Å². The third-order valence-electron chi connectivity index (χ3n) is 6.01. The predicted molar refractivity (Wildman–Crippen MR) is 126 cm³/mol. The molecule has 2 aliphatic rings. The summed E-state index contributed by atoms with van der Waals surface area (Å²) in [5.41, 5.74) is 4.59. The van der Waals surface area contributed by atoms with E-state index in [1.165, 1.54) is 24.0 Å². The van der Waals surface area contributed by atoms with Crippen molar-refractivity contribution >= 4 is 10.0 Å². The van der Waals surface area contributed by atoms with E-state index in [0.29, 0.717) is 4.90 Å². The highest BCUT2D eigenvalue weighted by atomic mass is 32.2. The summed E-state index contributed by atoms with van der Waals surface area (Å²) in [7, 11) is -3.52. The van der Waals surface area contributed by atoms with Gasteiger partial charge in [-0.1, -0.05) is 66.0 Å². The van der Waals surface area contributed by atoms with Crippen LogP contribution in [0.4, 0.5) is 0 Å². The maximum absolute atomic E-state index is 12.7. The van der Waals surface area contributed by atoms with Crippen molar-refractivity contribution < 1.29 is 8.42 Å². The molecule has 0 saturated heterocycles. The fourth-order valence-corrected chi connectivity index (χ4v) is 5.42. The molecule has 3 nitrogen and oxygen atoms in total. The van der Waals surface area contributed by atoms with Gasteiger partial charge in [-0.2, -0.15) is 0 Å². The Balaban J connectivity index is 1.47. The Morgan fingerprint density at radius 3 is 2.45 bits per heavy atom. The van der Waals surface area contributed by atoms with Crippen LogP contribution in [0, 0.1) is 18.8 Å². The number of nitrogens with one attached hydrogen (secondary N) is 1. The molecule has 0 bridgehead atoms. The van der Waals surface area contributed by atoms with Crippen molar-refractivity contribution in [3.05, 3.63) is 89.0 Å². The van der Waals surface area contributed by atoms with Gasteiger partial charge in [-0.25, -0.2) is 13.1 Å². The molecule has 0 heterocycles. The summed E-state index contributed by atoms with van der Waals surface area (Å²) in [5, 5.41) is 0. The van der Waals surface area contributed by atoms with Crippen molar-refractivity contribution in [2.45, 2.75) is 62.3 Å². The molecule has 4 heteroatoms. The van der Waals surface area contributed by atoms with E-state index < -0.39 is 10.0 Å². The lowest BCUT2D eigenvalue weighted by Crippen LogP contribution is -2.35. The van der Waals surface area contributed by atoms with Gasteiger partial charge in [0.05, 0.1) is 4.90 Å². The number of rotatable bonds is 4. The van der Waals surface area contributed by atoms with Crippen LogP contribution < -0.4 is 4.72 Å². The highest BCUT2D eigenvalue weighted by Gasteiger charge is 2.23. The van der Waals surface area contributed by atoms with Gasteiger partial charge in [0, 0.05) is 17.5 Å². The van der Waals surface area contributed by atoms with Crippen LogP contribution >= 0.6 is 0 Å². The Labute approximate surface area is 186 Å². The van der Waals surface area contributed by atoms with Gasteiger partial charge in [0.1, 0.15) is 0 Å². The molecule has 160 valence electrons. The molecule has 0 aromatic heterocycles. The van der Waals surface area contributed by atoms with Crippen molar-refractivity contribution in [1.82, 2.24) is 4.72 Å². The second-order valence-corrected chi connectivity index (χ2v) is 10.1. The minimum absolute atomic E-state index is 0.187. The Morgan fingerprint density at radius 2 is 1.74 bits per heavy atom. The largest absolute Gasteiger partial charge is 0.241 e. The summed E-state index contributed by atoms with van der Waals surface area (Å²) < 4.78 is 28.2. The minimum Gasteiger partial charge on any atom is -0.207 e. The van der Waals surface area contributed by atoms with E-state index in [9.17, 15) is 8.42 Å². The van der Waals surface area contributed by atoms with Crippen molar-refractivity contribution in [3.63, 3.8) is 0 Å². The van der Waals surface area contributed by atoms with E-state index in [1.807, 2.05) is 31.2 Å². The SMILES string of the molecule is Cc1ccc(S(=O)(=O)N[C@H]2C=C[C@H](c3ccccc3C#CC3=CCCCC3)CC2)cc1. The quantitative estimate of drug-likeness (QED) is 0.504. The predicted octanol–water partition coefficient (Wildman–Crippen LogP) is 5.63. The van der Waals surface area contributed by atoms with Crippen LogP contribution in [0.25, 0.3) is 0 Å². The summed E-state index contributed by atoms with van der Waals surface area (Å²) in [4.78, 5) is 0.311. The zero-order valence-corrected chi connectivity index (χ0v) is 18.8. The molecule has 2 atom stereocenters. The van der Waals surface area contributed by atoms with Crippen LogP contribution in [-0.4, -0.2) is 14.5 Å². The number of hydrogen-bond acceptors (Lipinski definition) is 2. The normalized spacial score (nSPS) is 21.1.